The zero-order valence-electron chi connectivity index (χ0n) is 54.3. The topological polar surface area (TPSA) is 95.9 Å². The number of amides is 1. The SMILES string of the molecule is CCCCC/C=C\CCCCCCCC(=O)OCCCCCCCCCCCCCCCCCCCCCCCCCCCCCCCCCC(=O)NC(CO)C(O)/C=C/CCCCCCCCCCCCCCCCCCCC. The van der Waals surface area contributed by atoms with Crippen molar-refractivity contribution < 1.29 is 24.5 Å². The first-order chi connectivity index (χ1) is 39.5. The minimum Gasteiger partial charge on any atom is -0.466 e. The highest BCUT2D eigenvalue weighted by molar-refractivity contribution is 5.76. The van der Waals surface area contributed by atoms with Gasteiger partial charge in [-0.05, 0) is 57.8 Å². The van der Waals surface area contributed by atoms with Gasteiger partial charge in [0.1, 0.15) is 0 Å². The van der Waals surface area contributed by atoms with E-state index in [2.05, 4.69) is 31.3 Å². The van der Waals surface area contributed by atoms with Crippen LogP contribution in [0.5, 0.6) is 0 Å². The Kier molecular flexibility index (Phi) is 68.4. The number of ether oxygens (including phenoxy) is 1. The Morgan fingerprint density at radius 2 is 0.588 bits per heavy atom. The molecule has 0 aliphatic heterocycles. The Morgan fingerprint density at radius 3 is 0.912 bits per heavy atom. The summed E-state index contributed by atoms with van der Waals surface area (Å²) in [5, 5.41) is 23.3. The molecule has 0 saturated heterocycles. The second kappa shape index (κ2) is 69.8. The molecule has 0 aromatic rings. The Hall–Kier alpha value is -1.66. The maximum atomic E-state index is 12.5. The Labute approximate surface area is 501 Å². The predicted octanol–water partition coefficient (Wildman–Crippen LogP) is 23.7. The van der Waals surface area contributed by atoms with Gasteiger partial charge in [-0.25, -0.2) is 0 Å². The number of hydrogen-bond acceptors (Lipinski definition) is 5. The molecule has 0 saturated carbocycles. The summed E-state index contributed by atoms with van der Waals surface area (Å²) in [6.07, 6.45) is 88.5. The third-order valence-electron chi connectivity index (χ3n) is 17.2. The summed E-state index contributed by atoms with van der Waals surface area (Å²) < 4.78 is 5.48. The molecule has 0 aliphatic rings. The van der Waals surface area contributed by atoms with E-state index in [1.165, 1.54) is 340 Å². The number of aliphatic hydroxyl groups is 2. The van der Waals surface area contributed by atoms with E-state index in [0.717, 1.165) is 44.9 Å². The fourth-order valence-corrected chi connectivity index (χ4v) is 11.6. The highest BCUT2D eigenvalue weighted by Crippen LogP contribution is 2.19. The molecule has 0 aromatic carbocycles. The second-order valence-corrected chi connectivity index (χ2v) is 25.3. The Bertz CT molecular complexity index is 1250. The number of allylic oxidation sites excluding steroid dienone is 3. The van der Waals surface area contributed by atoms with Crippen LogP contribution in [0.15, 0.2) is 24.3 Å². The van der Waals surface area contributed by atoms with E-state index in [0.29, 0.717) is 19.4 Å². The number of rotatable bonds is 69. The number of carbonyl (C=O) groups excluding carboxylic acids is 2. The van der Waals surface area contributed by atoms with Crippen molar-refractivity contribution in [3.63, 3.8) is 0 Å². The van der Waals surface area contributed by atoms with Gasteiger partial charge in [0.05, 0.1) is 25.4 Å². The van der Waals surface area contributed by atoms with Gasteiger partial charge in [-0.3, -0.25) is 9.59 Å². The largest absolute Gasteiger partial charge is 0.466 e. The van der Waals surface area contributed by atoms with Crippen molar-refractivity contribution in [3.05, 3.63) is 24.3 Å². The third-order valence-corrected chi connectivity index (χ3v) is 17.2. The van der Waals surface area contributed by atoms with E-state index >= 15 is 0 Å². The molecule has 6 heteroatoms. The summed E-state index contributed by atoms with van der Waals surface area (Å²) in [7, 11) is 0. The number of nitrogens with one attached hydrogen (secondary N) is 1. The molecule has 0 bridgehead atoms. The fourth-order valence-electron chi connectivity index (χ4n) is 11.6. The number of hydrogen-bond donors (Lipinski definition) is 3. The quantitative estimate of drug-likeness (QED) is 0.0320. The van der Waals surface area contributed by atoms with Crippen LogP contribution in [0, 0.1) is 0 Å². The lowest BCUT2D eigenvalue weighted by molar-refractivity contribution is -0.143. The van der Waals surface area contributed by atoms with Gasteiger partial charge >= 0.3 is 5.97 Å². The molecule has 474 valence electrons. The number of unbranched alkanes of at least 4 members (excludes halogenated alkanes) is 56. The summed E-state index contributed by atoms with van der Waals surface area (Å²) in [5.41, 5.74) is 0. The van der Waals surface area contributed by atoms with Gasteiger partial charge in [0.25, 0.3) is 0 Å². The zero-order valence-corrected chi connectivity index (χ0v) is 54.3. The molecule has 80 heavy (non-hydrogen) atoms. The van der Waals surface area contributed by atoms with Gasteiger partial charge in [-0.2, -0.15) is 0 Å². The van der Waals surface area contributed by atoms with Crippen molar-refractivity contribution in [2.75, 3.05) is 13.2 Å². The molecular formula is C74H143NO5. The molecule has 0 spiro atoms. The summed E-state index contributed by atoms with van der Waals surface area (Å²) in [6, 6.07) is -0.625. The highest BCUT2D eigenvalue weighted by atomic mass is 16.5. The van der Waals surface area contributed by atoms with Crippen LogP contribution in [-0.4, -0.2) is 47.4 Å². The standard InChI is InChI=1S/C74H143NO5/c1-3-5-7-9-11-13-15-17-18-19-20-34-37-40-43-46-50-54-58-62-66-72(77)71(70-76)75-73(78)67-63-59-55-51-47-44-41-38-35-32-30-28-26-24-22-21-23-25-27-29-31-33-36-39-42-45-49-53-57-61-65-69-80-74(79)68-64-60-56-52-48-16-14-12-10-8-6-4-2/h12,14,62,66,71-72,76-77H,3-11,13,15-61,63-65,67-70H2,1-2H3,(H,75,78)/b14-12-,66-62+. The fraction of sp³-hybridized carbons (Fsp3) is 0.919. The summed E-state index contributed by atoms with van der Waals surface area (Å²) in [6.45, 7) is 4.92. The maximum Gasteiger partial charge on any atom is 0.305 e. The predicted molar refractivity (Wildman–Crippen MR) is 352 cm³/mol. The van der Waals surface area contributed by atoms with Crippen LogP contribution in [0.4, 0.5) is 0 Å². The van der Waals surface area contributed by atoms with E-state index in [4.69, 9.17) is 4.74 Å². The van der Waals surface area contributed by atoms with Crippen LogP contribution in [0.25, 0.3) is 0 Å². The lowest BCUT2D eigenvalue weighted by Crippen LogP contribution is -2.45. The van der Waals surface area contributed by atoms with Gasteiger partial charge in [0.2, 0.25) is 5.91 Å². The molecular weight excluding hydrogens is 983 g/mol. The molecule has 0 rings (SSSR count). The van der Waals surface area contributed by atoms with Gasteiger partial charge in [0, 0.05) is 12.8 Å². The minimum atomic E-state index is -0.842. The van der Waals surface area contributed by atoms with Gasteiger partial charge < -0.3 is 20.3 Å². The van der Waals surface area contributed by atoms with Gasteiger partial charge in [0.15, 0.2) is 0 Å². The average Bonchev–Trinajstić information content (AvgIpc) is 3.46. The van der Waals surface area contributed by atoms with Crippen molar-refractivity contribution in [1.29, 1.82) is 0 Å². The maximum absolute atomic E-state index is 12.5. The number of aliphatic hydroxyl groups excluding tert-OH is 2. The Balaban J connectivity index is 3.35. The molecule has 6 nitrogen and oxygen atoms in total. The van der Waals surface area contributed by atoms with E-state index in [-0.39, 0.29) is 18.5 Å². The molecule has 1 amide bonds. The third kappa shape index (κ3) is 65.5. The minimum absolute atomic E-state index is 0.0109. The molecule has 0 aromatic heterocycles. The molecule has 3 N–H and O–H groups in total. The first-order valence-electron chi connectivity index (χ1n) is 36.6. The first kappa shape index (κ1) is 78.3. The Morgan fingerprint density at radius 1 is 0.338 bits per heavy atom. The number of carbonyl (C=O) groups is 2. The lowest BCUT2D eigenvalue weighted by atomic mass is 10.0. The molecule has 0 fully saturated rings. The van der Waals surface area contributed by atoms with E-state index in [1.807, 2.05) is 6.08 Å². The summed E-state index contributed by atoms with van der Waals surface area (Å²) in [4.78, 5) is 24.6. The monoisotopic (exact) mass is 1130 g/mol. The average molecular weight is 1130 g/mol. The van der Waals surface area contributed by atoms with Gasteiger partial charge in [-0.1, -0.05) is 366 Å². The zero-order chi connectivity index (χ0) is 57.8. The van der Waals surface area contributed by atoms with Crippen LogP contribution in [-0.2, 0) is 14.3 Å². The normalized spacial score (nSPS) is 12.6. The second-order valence-electron chi connectivity index (χ2n) is 25.3. The van der Waals surface area contributed by atoms with E-state index < -0.39 is 12.1 Å². The van der Waals surface area contributed by atoms with Crippen LogP contribution in [0.3, 0.4) is 0 Å². The van der Waals surface area contributed by atoms with Crippen LogP contribution < -0.4 is 5.32 Å². The van der Waals surface area contributed by atoms with Gasteiger partial charge in [-0.15, -0.1) is 0 Å². The first-order valence-corrected chi connectivity index (χ1v) is 36.6. The van der Waals surface area contributed by atoms with Crippen molar-refractivity contribution >= 4 is 11.9 Å². The van der Waals surface area contributed by atoms with Crippen molar-refractivity contribution in [2.24, 2.45) is 0 Å². The summed E-state index contributed by atoms with van der Waals surface area (Å²) >= 11 is 0. The van der Waals surface area contributed by atoms with Crippen LogP contribution in [0.1, 0.15) is 412 Å². The molecule has 2 atom stereocenters. The van der Waals surface area contributed by atoms with Crippen LogP contribution in [0.2, 0.25) is 0 Å². The smallest absolute Gasteiger partial charge is 0.305 e. The summed E-state index contributed by atoms with van der Waals surface area (Å²) in [5.74, 6) is -0.0487. The number of esters is 1. The van der Waals surface area contributed by atoms with E-state index in [9.17, 15) is 19.8 Å². The van der Waals surface area contributed by atoms with Crippen molar-refractivity contribution in [2.45, 2.75) is 424 Å². The molecule has 0 aliphatic carbocycles. The highest BCUT2D eigenvalue weighted by Gasteiger charge is 2.18. The van der Waals surface area contributed by atoms with Crippen molar-refractivity contribution in [3.8, 4) is 0 Å². The van der Waals surface area contributed by atoms with Crippen LogP contribution >= 0.6 is 0 Å². The molecule has 0 radical (unpaired) electrons. The molecule has 2 unspecified atom stereocenters. The lowest BCUT2D eigenvalue weighted by Gasteiger charge is -2.20. The molecule has 0 heterocycles. The van der Waals surface area contributed by atoms with Crippen molar-refractivity contribution in [1.82, 2.24) is 5.32 Å². The van der Waals surface area contributed by atoms with E-state index in [1.54, 1.807) is 6.08 Å².